The average Bonchev–Trinajstić information content (AvgIpc) is 1.37. The van der Waals surface area contributed by atoms with Crippen LogP contribution in [-0.2, 0) is 10.1 Å². The van der Waals surface area contributed by atoms with E-state index in [1.807, 2.05) is 0 Å². The fraction of sp³-hybridized carbons (Fsp3) is 0. The Morgan fingerprint density at radius 1 is 0.833 bits per heavy atom. The van der Waals surface area contributed by atoms with Crippen LogP contribution < -0.4 is 48.2 Å². The van der Waals surface area contributed by atoms with Gasteiger partial charge < -0.3 is 20.6 Å². The van der Waals surface area contributed by atoms with Gasteiger partial charge in [0, 0.05) is 0 Å². The van der Waals surface area contributed by atoms with Crippen molar-refractivity contribution in [2.24, 2.45) is 0 Å². The first-order valence-electron chi connectivity index (χ1n) is 0.500. The molecule has 0 aliphatic rings. The van der Waals surface area contributed by atoms with E-state index in [1.54, 1.807) is 0 Å². The van der Waals surface area contributed by atoms with Gasteiger partial charge in [0.15, 0.2) is 0 Å². The third-order valence-electron chi connectivity index (χ3n) is 0.0278. The van der Waals surface area contributed by atoms with Crippen LogP contribution in [0.2, 0.25) is 0 Å². The predicted molar refractivity (Wildman–Crippen MR) is 2.17 cm³/mol. The molecule has 0 atom stereocenters. The van der Waals surface area contributed by atoms with E-state index in [0.717, 1.165) is 0 Å². The summed E-state index contributed by atoms with van der Waals surface area (Å²) in [7, 11) is 0. The van der Waals surface area contributed by atoms with Crippen molar-refractivity contribution in [3.8, 4) is 0 Å². The molecule has 26 valence electrons. The van der Waals surface area contributed by atoms with E-state index < -0.39 is 0 Å². The van der Waals surface area contributed by atoms with Crippen molar-refractivity contribution >= 4 is 0 Å². The van der Waals surface area contributed by atoms with Crippen LogP contribution in [0.5, 0.6) is 0 Å². The van der Waals surface area contributed by atoms with E-state index in [-0.39, 0.29) is 37.7 Å². The molecule has 0 saturated carbocycles. The van der Waals surface area contributed by atoms with Crippen molar-refractivity contribution in [1.82, 2.24) is 0 Å². The summed E-state index contributed by atoms with van der Waals surface area (Å²) in [6, 6.07) is 0. The van der Waals surface area contributed by atoms with E-state index in [2.05, 4.69) is 10.1 Å². The summed E-state index contributed by atoms with van der Waals surface area (Å²) in [6.45, 7) is 0. The second kappa shape index (κ2) is 16.6. The van der Waals surface area contributed by atoms with Gasteiger partial charge in [-0.05, 0) is 0 Å². The minimum Gasteiger partial charge on any atom is -0.693 e. The third kappa shape index (κ3) is 19.8. The molecule has 6 heavy (non-hydrogen) atoms. The minimum absolute atomic E-state index is 0. The molecule has 0 saturated heterocycles. The molecule has 0 radical (unpaired) electrons. The molecule has 0 aromatic heterocycles. The molecule has 0 amide bonds. The van der Waals surface area contributed by atoms with Crippen molar-refractivity contribution in [2.75, 3.05) is 0 Å². The normalized spacial score (nSPS) is 5.00. The van der Waals surface area contributed by atoms with E-state index in [4.69, 9.17) is 10.5 Å². The number of hydrogen-bond donors (Lipinski definition) is 0. The fourth-order valence-electron chi connectivity index (χ4n) is 0. The van der Waals surface area contributed by atoms with Crippen LogP contribution in [0, 0.1) is 0 Å². The van der Waals surface area contributed by atoms with E-state index in [1.165, 1.54) is 0 Å². The Morgan fingerprint density at radius 2 is 1.00 bits per heavy atom. The molecule has 0 rings (SSSR count). The Kier molecular flexibility index (Phi) is 43.6. The van der Waals surface area contributed by atoms with Crippen molar-refractivity contribution in [3.05, 3.63) is 0 Å². The minimum atomic E-state index is 0. The Balaban J connectivity index is -0.0000000450. The maximum Gasteiger partial charge on any atom is 1.00 e. The van der Waals surface area contributed by atoms with Crippen molar-refractivity contribution in [2.45, 2.75) is 0 Å². The summed E-state index contributed by atoms with van der Waals surface area (Å²) in [6.07, 6.45) is 0. The fourth-order valence-corrected chi connectivity index (χ4v) is 0. The standard InChI is InChI=1S/2Li.H2O4/c;;1-3-4-2/h;;1-2H/q2*+1;/p-2. The van der Waals surface area contributed by atoms with Gasteiger partial charge in [-0.15, -0.1) is 0 Å². The zero-order valence-corrected chi connectivity index (χ0v) is 3.63. The van der Waals surface area contributed by atoms with Crippen LogP contribution in [0.3, 0.4) is 0 Å². The zero-order chi connectivity index (χ0) is 3.41. The first kappa shape index (κ1) is 15.7. The zero-order valence-electron chi connectivity index (χ0n) is 3.63. The van der Waals surface area contributed by atoms with E-state index in [9.17, 15) is 0 Å². The summed E-state index contributed by atoms with van der Waals surface area (Å²) in [5, 5.41) is 21.0. The Bertz CT molecular complexity index is 7.51. The maximum absolute atomic E-state index is 8.26. The van der Waals surface area contributed by atoms with Crippen LogP contribution in [0.4, 0.5) is 0 Å². The summed E-state index contributed by atoms with van der Waals surface area (Å²) in [4.78, 5) is 0. The summed E-state index contributed by atoms with van der Waals surface area (Å²) in [5.41, 5.74) is 0. The van der Waals surface area contributed by atoms with Gasteiger partial charge in [0.2, 0.25) is 0 Å². The SMILES string of the molecule is [Li+].[Li+].[O-]OO[O-]. The molecule has 6 heteroatoms. The number of hydrogen-bond acceptors (Lipinski definition) is 4. The molecule has 0 N–H and O–H groups in total. The molecular weight excluding hydrogens is 77.9 g/mol. The third-order valence-corrected chi connectivity index (χ3v) is 0.0278. The number of rotatable bonds is 1. The predicted octanol–water partition coefficient (Wildman–Crippen LogP) is -8.51. The Hall–Kier alpha value is 1.03. The molecule has 0 bridgehead atoms. The van der Waals surface area contributed by atoms with Crippen LogP contribution in [0.15, 0.2) is 0 Å². The smallest absolute Gasteiger partial charge is 0.693 e. The summed E-state index contributed by atoms with van der Waals surface area (Å²) < 4.78 is 0. The van der Waals surface area contributed by atoms with Crippen LogP contribution >= 0.6 is 0 Å². The quantitative estimate of drug-likeness (QED) is 0.177. The Labute approximate surface area is 58.6 Å². The maximum atomic E-state index is 8.26. The monoisotopic (exact) mass is 78.0 g/mol. The van der Waals surface area contributed by atoms with E-state index >= 15 is 0 Å². The summed E-state index contributed by atoms with van der Waals surface area (Å²) in [5.74, 6) is 0. The average molecular weight is 77.9 g/mol. The first-order chi connectivity index (χ1) is 1.91. The molecule has 0 fully saturated rings. The van der Waals surface area contributed by atoms with Gasteiger partial charge in [-0.2, -0.15) is 0 Å². The van der Waals surface area contributed by atoms with Gasteiger partial charge in [0.25, 0.3) is 0 Å². The van der Waals surface area contributed by atoms with E-state index in [0.29, 0.717) is 0 Å². The molecule has 0 aliphatic heterocycles. The van der Waals surface area contributed by atoms with Crippen LogP contribution in [0.25, 0.3) is 0 Å². The molecule has 0 heterocycles. The van der Waals surface area contributed by atoms with Gasteiger partial charge >= 0.3 is 37.7 Å². The van der Waals surface area contributed by atoms with Crippen LogP contribution in [0.1, 0.15) is 0 Å². The van der Waals surface area contributed by atoms with Gasteiger partial charge in [0.05, 0.1) is 0 Å². The second-order valence-corrected chi connectivity index (χ2v) is 0.136. The van der Waals surface area contributed by atoms with Crippen molar-refractivity contribution in [1.29, 1.82) is 0 Å². The van der Waals surface area contributed by atoms with Gasteiger partial charge in [-0.3, -0.25) is 0 Å². The largest absolute Gasteiger partial charge is 1.00 e. The molecular formula is Li2O4. The van der Waals surface area contributed by atoms with Crippen molar-refractivity contribution < 1.29 is 58.3 Å². The Morgan fingerprint density at radius 3 is 1.00 bits per heavy atom. The molecule has 4 nitrogen and oxygen atoms in total. The van der Waals surface area contributed by atoms with Crippen molar-refractivity contribution in [3.63, 3.8) is 0 Å². The molecule has 0 aliphatic carbocycles. The molecule has 0 unspecified atom stereocenters. The van der Waals surface area contributed by atoms with Gasteiger partial charge in [0.1, 0.15) is 0 Å². The van der Waals surface area contributed by atoms with Gasteiger partial charge in [-0.25, -0.2) is 0 Å². The van der Waals surface area contributed by atoms with Crippen LogP contribution in [-0.4, -0.2) is 0 Å². The van der Waals surface area contributed by atoms with Gasteiger partial charge in [-0.1, -0.05) is 0 Å². The molecule has 0 aromatic rings. The molecule has 0 spiro atoms. The second-order valence-electron chi connectivity index (χ2n) is 0.136. The molecule has 0 aromatic carbocycles. The summed E-state index contributed by atoms with van der Waals surface area (Å²) >= 11 is 0. The topological polar surface area (TPSA) is 64.6 Å². The first-order valence-corrected chi connectivity index (χ1v) is 0.500.